The van der Waals surface area contributed by atoms with Gasteiger partial charge in [0.05, 0.1) is 0 Å². The Bertz CT molecular complexity index is 799. The molecule has 2 N–H and O–H groups in total. The van der Waals surface area contributed by atoms with Crippen LogP contribution in [0, 0.1) is 6.92 Å². The van der Waals surface area contributed by atoms with Crippen LogP contribution in [0.5, 0.6) is 0 Å². The normalized spacial score (nSPS) is 10.1. The van der Waals surface area contributed by atoms with E-state index in [1.807, 2.05) is 39.0 Å². The van der Waals surface area contributed by atoms with E-state index in [9.17, 15) is 9.59 Å². The molecule has 2 aromatic carbocycles. The van der Waals surface area contributed by atoms with Crippen LogP contribution in [0.25, 0.3) is 0 Å². The van der Waals surface area contributed by atoms with E-state index in [-0.39, 0.29) is 16.9 Å². The molecule has 0 aliphatic carbocycles. The molecular weight excluding hydrogens is 346 g/mol. The molecule has 0 unspecified atom stereocenters. The number of aryl methyl sites for hydroxylation is 1. The van der Waals surface area contributed by atoms with E-state index in [1.54, 1.807) is 35.2 Å². The second-order valence-corrected chi connectivity index (χ2v) is 6.19. The van der Waals surface area contributed by atoms with Gasteiger partial charge in [0.2, 0.25) is 0 Å². The highest BCUT2D eigenvalue weighted by Crippen LogP contribution is 2.12. The van der Waals surface area contributed by atoms with E-state index < -0.39 is 0 Å². The maximum atomic E-state index is 12.3. The Morgan fingerprint density at radius 2 is 1.62 bits per heavy atom. The zero-order valence-electron chi connectivity index (χ0n) is 15.2. The predicted molar refractivity (Wildman–Crippen MR) is 109 cm³/mol. The quantitative estimate of drug-likeness (QED) is 0.791. The van der Waals surface area contributed by atoms with E-state index >= 15 is 0 Å². The summed E-state index contributed by atoms with van der Waals surface area (Å²) >= 11 is 5.20. The lowest BCUT2D eigenvalue weighted by Gasteiger charge is -2.18. The molecule has 0 bridgehead atoms. The fourth-order valence-electron chi connectivity index (χ4n) is 2.55. The number of anilines is 1. The van der Waals surface area contributed by atoms with Gasteiger partial charge in [-0.25, -0.2) is 0 Å². The van der Waals surface area contributed by atoms with Gasteiger partial charge in [-0.3, -0.25) is 14.9 Å². The summed E-state index contributed by atoms with van der Waals surface area (Å²) in [4.78, 5) is 26.3. The number of hydrogen-bond acceptors (Lipinski definition) is 3. The van der Waals surface area contributed by atoms with Crippen molar-refractivity contribution in [3.8, 4) is 0 Å². The van der Waals surface area contributed by atoms with E-state index in [0.29, 0.717) is 29.9 Å². The first-order chi connectivity index (χ1) is 12.5. The minimum Gasteiger partial charge on any atom is -0.339 e. The summed E-state index contributed by atoms with van der Waals surface area (Å²) < 4.78 is 0. The molecule has 0 heterocycles. The van der Waals surface area contributed by atoms with Gasteiger partial charge in [-0.2, -0.15) is 0 Å². The van der Waals surface area contributed by atoms with Crippen LogP contribution in [0.1, 0.15) is 40.1 Å². The van der Waals surface area contributed by atoms with Crippen molar-refractivity contribution < 1.29 is 9.59 Å². The molecule has 5 nitrogen and oxygen atoms in total. The lowest BCUT2D eigenvalue weighted by atomic mass is 10.1. The number of amides is 2. The summed E-state index contributed by atoms with van der Waals surface area (Å²) in [6.45, 7) is 7.12. The van der Waals surface area contributed by atoms with Gasteiger partial charge in [0.15, 0.2) is 5.11 Å². The lowest BCUT2D eigenvalue weighted by Crippen LogP contribution is -2.34. The number of rotatable bonds is 5. The summed E-state index contributed by atoms with van der Waals surface area (Å²) in [6, 6.07) is 14.3. The fourth-order valence-corrected chi connectivity index (χ4v) is 2.76. The van der Waals surface area contributed by atoms with Crippen LogP contribution in [-0.2, 0) is 0 Å². The molecule has 26 heavy (non-hydrogen) atoms. The van der Waals surface area contributed by atoms with Crippen LogP contribution in [0.2, 0.25) is 0 Å². The second kappa shape index (κ2) is 9.10. The van der Waals surface area contributed by atoms with Gasteiger partial charge in [-0.15, -0.1) is 0 Å². The van der Waals surface area contributed by atoms with Crippen molar-refractivity contribution in [3.05, 3.63) is 65.2 Å². The molecule has 0 aliphatic rings. The van der Waals surface area contributed by atoms with E-state index in [2.05, 4.69) is 10.6 Å². The zero-order valence-corrected chi connectivity index (χ0v) is 16.0. The third-order valence-electron chi connectivity index (χ3n) is 4.06. The molecule has 6 heteroatoms. The molecule has 0 spiro atoms. The topological polar surface area (TPSA) is 61.4 Å². The molecule has 0 aromatic heterocycles. The summed E-state index contributed by atoms with van der Waals surface area (Å²) in [5.41, 5.74) is 2.79. The van der Waals surface area contributed by atoms with Gasteiger partial charge in [0.25, 0.3) is 11.8 Å². The Balaban J connectivity index is 1.98. The summed E-state index contributed by atoms with van der Waals surface area (Å²) in [7, 11) is 0. The van der Waals surface area contributed by atoms with E-state index in [4.69, 9.17) is 12.2 Å². The van der Waals surface area contributed by atoms with Crippen molar-refractivity contribution in [1.82, 2.24) is 10.2 Å². The zero-order chi connectivity index (χ0) is 19.1. The van der Waals surface area contributed by atoms with Gasteiger partial charge >= 0.3 is 0 Å². The predicted octanol–water partition coefficient (Wildman–Crippen LogP) is 3.60. The standard InChI is InChI=1S/C20H23N3O2S/c1-4-23(5-2)19(25)15-10-12-16(13-11-15)21-20(26)22-18(24)17-9-7-6-8-14(17)3/h6-13H,4-5H2,1-3H3,(H2,21,22,24,26). The Morgan fingerprint density at radius 1 is 1.00 bits per heavy atom. The number of benzene rings is 2. The first kappa shape index (κ1) is 19.6. The molecule has 0 atom stereocenters. The van der Waals surface area contributed by atoms with Crippen LogP contribution < -0.4 is 10.6 Å². The van der Waals surface area contributed by atoms with Crippen molar-refractivity contribution in [2.75, 3.05) is 18.4 Å². The van der Waals surface area contributed by atoms with Crippen LogP contribution in [0.15, 0.2) is 48.5 Å². The summed E-state index contributed by atoms with van der Waals surface area (Å²) in [5.74, 6) is -0.258. The van der Waals surface area contributed by atoms with Crippen molar-refractivity contribution in [3.63, 3.8) is 0 Å². The first-order valence-corrected chi connectivity index (χ1v) is 8.94. The summed E-state index contributed by atoms with van der Waals surface area (Å²) in [5, 5.41) is 5.83. The molecule has 2 rings (SSSR count). The minimum absolute atomic E-state index is 0.00279. The third-order valence-corrected chi connectivity index (χ3v) is 4.26. The third kappa shape index (κ3) is 4.89. The average Bonchev–Trinajstić information content (AvgIpc) is 2.63. The molecule has 0 saturated carbocycles. The molecular formula is C20H23N3O2S. The Hall–Kier alpha value is -2.73. The molecule has 136 valence electrons. The van der Waals surface area contributed by atoms with Gasteiger partial charge in [-0.1, -0.05) is 18.2 Å². The Morgan fingerprint density at radius 3 is 2.19 bits per heavy atom. The minimum atomic E-state index is -0.256. The monoisotopic (exact) mass is 369 g/mol. The number of nitrogens with zero attached hydrogens (tertiary/aromatic N) is 1. The summed E-state index contributed by atoms with van der Waals surface area (Å²) in [6.07, 6.45) is 0. The highest BCUT2D eigenvalue weighted by atomic mass is 32.1. The van der Waals surface area contributed by atoms with Gasteiger partial charge in [0.1, 0.15) is 0 Å². The molecule has 0 saturated heterocycles. The molecule has 0 aliphatic heterocycles. The molecule has 0 radical (unpaired) electrons. The molecule has 2 amide bonds. The Labute approximate surface area is 159 Å². The average molecular weight is 369 g/mol. The van der Waals surface area contributed by atoms with Crippen molar-refractivity contribution >= 4 is 34.8 Å². The van der Waals surface area contributed by atoms with Gasteiger partial charge in [0, 0.05) is 29.9 Å². The first-order valence-electron chi connectivity index (χ1n) is 8.53. The Kier molecular flexibility index (Phi) is 6.86. The number of carbonyl (C=O) groups is 2. The van der Waals surface area contributed by atoms with E-state index in [0.717, 1.165) is 5.56 Å². The SMILES string of the molecule is CCN(CC)C(=O)c1ccc(NC(=S)NC(=O)c2ccccc2C)cc1. The van der Waals surface area contributed by atoms with Gasteiger partial charge < -0.3 is 10.2 Å². The van der Waals surface area contributed by atoms with Crippen LogP contribution in [0.3, 0.4) is 0 Å². The smallest absolute Gasteiger partial charge is 0.257 e. The molecule has 2 aromatic rings. The van der Waals surface area contributed by atoms with Gasteiger partial charge in [-0.05, 0) is 68.9 Å². The van der Waals surface area contributed by atoms with E-state index in [1.165, 1.54) is 0 Å². The number of thiocarbonyl (C=S) groups is 1. The fraction of sp³-hybridized carbons (Fsp3) is 0.250. The maximum absolute atomic E-state index is 12.3. The number of nitrogens with one attached hydrogen (secondary N) is 2. The molecule has 0 fully saturated rings. The van der Waals surface area contributed by atoms with Crippen molar-refractivity contribution in [2.45, 2.75) is 20.8 Å². The number of carbonyl (C=O) groups excluding carboxylic acids is 2. The lowest BCUT2D eigenvalue weighted by molar-refractivity contribution is 0.0772. The van der Waals surface area contributed by atoms with Crippen LogP contribution in [0.4, 0.5) is 5.69 Å². The number of hydrogen-bond donors (Lipinski definition) is 2. The van der Waals surface area contributed by atoms with Crippen molar-refractivity contribution in [2.24, 2.45) is 0 Å². The largest absolute Gasteiger partial charge is 0.339 e. The maximum Gasteiger partial charge on any atom is 0.257 e. The highest BCUT2D eigenvalue weighted by Gasteiger charge is 2.13. The van der Waals surface area contributed by atoms with Crippen LogP contribution in [-0.4, -0.2) is 34.9 Å². The highest BCUT2D eigenvalue weighted by molar-refractivity contribution is 7.80. The van der Waals surface area contributed by atoms with Crippen LogP contribution >= 0.6 is 12.2 Å². The second-order valence-electron chi connectivity index (χ2n) is 5.78. The van der Waals surface area contributed by atoms with Crippen molar-refractivity contribution in [1.29, 1.82) is 0 Å².